The molecular weight excluding hydrogens is 238 g/mol. The van der Waals surface area contributed by atoms with Gasteiger partial charge >= 0.3 is 0 Å². The first-order valence-corrected chi connectivity index (χ1v) is 6.17. The van der Waals surface area contributed by atoms with E-state index in [-0.39, 0.29) is 11.1 Å². The number of aromatic nitrogens is 1. The molecule has 17 heavy (non-hydrogen) atoms. The van der Waals surface area contributed by atoms with Gasteiger partial charge in [0.05, 0.1) is 5.56 Å². The van der Waals surface area contributed by atoms with Crippen LogP contribution in [0.2, 0.25) is 5.15 Å². The van der Waals surface area contributed by atoms with Crippen molar-refractivity contribution < 1.29 is 4.79 Å². The third-order valence-corrected chi connectivity index (χ3v) is 3.41. The van der Waals surface area contributed by atoms with Crippen LogP contribution < -0.4 is 5.32 Å². The van der Waals surface area contributed by atoms with Gasteiger partial charge in [0.25, 0.3) is 5.91 Å². The van der Waals surface area contributed by atoms with Crippen molar-refractivity contribution in [2.45, 2.75) is 18.9 Å². The molecule has 1 aliphatic rings. The topological polar surface area (TPSA) is 45.2 Å². The highest BCUT2D eigenvalue weighted by Gasteiger charge is 2.24. The van der Waals surface area contributed by atoms with Crippen LogP contribution in [-0.4, -0.2) is 42.0 Å². The molecule has 0 bridgehead atoms. The van der Waals surface area contributed by atoms with Gasteiger partial charge in [0.2, 0.25) is 0 Å². The number of likely N-dealkylation sites (N-methyl/N-ethyl adjacent to an activating group) is 1. The molecule has 0 aromatic carbocycles. The standard InChI is InChI=1S/C12H16ClN3O/c1-14-9-4-3-7-16(8-9)12(17)10-5-2-6-15-11(10)13/h2,5-6,9,14H,3-4,7-8H2,1H3/t9-/m1/s1. The third-order valence-electron chi connectivity index (χ3n) is 3.11. The SMILES string of the molecule is CN[C@@H]1CCCN(C(=O)c2cccnc2Cl)C1. The van der Waals surface area contributed by atoms with Crippen molar-refractivity contribution in [1.29, 1.82) is 0 Å². The van der Waals surface area contributed by atoms with Crippen molar-refractivity contribution in [3.05, 3.63) is 29.0 Å². The minimum atomic E-state index is -0.0250. The van der Waals surface area contributed by atoms with E-state index in [9.17, 15) is 4.79 Å². The Labute approximate surface area is 106 Å². The zero-order chi connectivity index (χ0) is 12.3. The third kappa shape index (κ3) is 2.76. The summed E-state index contributed by atoms with van der Waals surface area (Å²) in [6, 6.07) is 3.84. The number of carbonyl (C=O) groups excluding carboxylic acids is 1. The van der Waals surface area contributed by atoms with Gasteiger partial charge in [-0.15, -0.1) is 0 Å². The number of piperidine rings is 1. The monoisotopic (exact) mass is 253 g/mol. The van der Waals surface area contributed by atoms with Gasteiger partial charge in [-0.25, -0.2) is 4.98 Å². The molecule has 1 fully saturated rings. The van der Waals surface area contributed by atoms with Crippen molar-refractivity contribution in [3.63, 3.8) is 0 Å². The highest BCUT2D eigenvalue weighted by molar-refractivity contribution is 6.32. The van der Waals surface area contributed by atoms with Crippen molar-refractivity contribution in [2.75, 3.05) is 20.1 Å². The predicted molar refractivity (Wildman–Crippen MR) is 67.2 cm³/mol. The molecule has 1 saturated heterocycles. The summed E-state index contributed by atoms with van der Waals surface area (Å²) in [5, 5.41) is 3.49. The lowest BCUT2D eigenvalue weighted by Gasteiger charge is -2.32. The molecule has 2 rings (SSSR count). The number of amides is 1. The first-order chi connectivity index (χ1) is 8.22. The summed E-state index contributed by atoms with van der Waals surface area (Å²) in [6.07, 6.45) is 3.72. The lowest BCUT2D eigenvalue weighted by atomic mass is 10.1. The number of pyridine rings is 1. The van der Waals surface area contributed by atoms with Gasteiger partial charge in [0, 0.05) is 25.3 Å². The molecule has 0 aliphatic carbocycles. The smallest absolute Gasteiger partial charge is 0.257 e. The number of hydrogen-bond donors (Lipinski definition) is 1. The number of rotatable bonds is 2. The average molecular weight is 254 g/mol. The fraction of sp³-hybridized carbons (Fsp3) is 0.500. The van der Waals surface area contributed by atoms with Crippen LogP contribution in [0, 0.1) is 0 Å². The van der Waals surface area contributed by atoms with Crippen LogP contribution in [0.15, 0.2) is 18.3 Å². The number of halogens is 1. The first kappa shape index (κ1) is 12.3. The zero-order valence-electron chi connectivity index (χ0n) is 9.82. The molecule has 0 saturated carbocycles. The second-order valence-corrected chi connectivity index (χ2v) is 4.58. The summed E-state index contributed by atoms with van der Waals surface area (Å²) < 4.78 is 0. The first-order valence-electron chi connectivity index (χ1n) is 5.79. The van der Waals surface area contributed by atoms with E-state index in [1.807, 2.05) is 11.9 Å². The molecule has 0 radical (unpaired) electrons. The molecule has 5 heteroatoms. The Kier molecular flexibility index (Phi) is 3.97. The zero-order valence-corrected chi connectivity index (χ0v) is 10.6. The van der Waals surface area contributed by atoms with Crippen LogP contribution in [0.1, 0.15) is 23.2 Å². The summed E-state index contributed by atoms with van der Waals surface area (Å²) in [7, 11) is 1.93. The minimum Gasteiger partial charge on any atom is -0.337 e. The van der Waals surface area contributed by atoms with E-state index < -0.39 is 0 Å². The summed E-state index contributed by atoms with van der Waals surface area (Å²) in [6.45, 7) is 1.53. The van der Waals surface area contributed by atoms with Crippen molar-refractivity contribution >= 4 is 17.5 Å². The van der Waals surface area contributed by atoms with Crippen LogP contribution in [0.25, 0.3) is 0 Å². The second kappa shape index (κ2) is 5.47. The highest BCUT2D eigenvalue weighted by Crippen LogP contribution is 2.17. The maximum Gasteiger partial charge on any atom is 0.257 e. The molecule has 1 amide bonds. The fourth-order valence-corrected chi connectivity index (χ4v) is 2.31. The summed E-state index contributed by atoms with van der Waals surface area (Å²) in [5.74, 6) is -0.0250. The molecule has 1 aromatic heterocycles. The van der Waals surface area contributed by atoms with Crippen molar-refractivity contribution in [2.24, 2.45) is 0 Å². The lowest BCUT2D eigenvalue weighted by Crippen LogP contribution is -2.47. The second-order valence-electron chi connectivity index (χ2n) is 4.22. The quantitative estimate of drug-likeness (QED) is 0.814. The van der Waals surface area contributed by atoms with Crippen molar-refractivity contribution in [1.82, 2.24) is 15.2 Å². The van der Waals surface area contributed by atoms with E-state index in [0.717, 1.165) is 25.9 Å². The Morgan fingerprint density at radius 1 is 1.65 bits per heavy atom. The molecule has 0 spiro atoms. The number of hydrogen-bond acceptors (Lipinski definition) is 3. The Hall–Kier alpha value is -1.13. The Bertz CT molecular complexity index is 410. The van der Waals surface area contributed by atoms with E-state index in [1.54, 1.807) is 18.3 Å². The lowest BCUT2D eigenvalue weighted by molar-refractivity contribution is 0.0698. The molecule has 1 aromatic rings. The van der Waals surface area contributed by atoms with Gasteiger partial charge in [-0.1, -0.05) is 11.6 Å². The number of carbonyl (C=O) groups is 1. The van der Waals surface area contributed by atoms with Gasteiger partial charge < -0.3 is 10.2 Å². The summed E-state index contributed by atoms with van der Waals surface area (Å²) in [4.78, 5) is 18.0. The Morgan fingerprint density at radius 3 is 3.18 bits per heavy atom. The van der Waals surface area contributed by atoms with Crippen LogP contribution >= 0.6 is 11.6 Å². The van der Waals surface area contributed by atoms with Gasteiger partial charge in [-0.2, -0.15) is 0 Å². The van der Waals surface area contributed by atoms with E-state index >= 15 is 0 Å². The number of nitrogens with zero attached hydrogens (tertiary/aromatic N) is 2. The van der Waals surface area contributed by atoms with Gasteiger partial charge in [-0.05, 0) is 32.0 Å². The molecule has 2 heterocycles. The van der Waals surface area contributed by atoms with Crippen molar-refractivity contribution in [3.8, 4) is 0 Å². The maximum absolute atomic E-state index is 12.3. The van der Waals surface area contributed by atoms with Crippen LogP contribution in [0.4, 0.5) is 0 Å². The Morgan fingerprint density at radius 2 is 2.47 bits per heavy atom. The Balaban J connectivity index is 2.12. The predicted octanol–water partition coefficient (Wildman–Crippen LogP) is 1.56. The van der Waals surface area contributed by atoms with E-state index in [2.05, 4.69) is 10.3 Å². The largest absolute Gasteiger partial charge is 0.337 e. The molecule has 0 unspecified atom stereocenters. The van der Waals surface area contributed by atoms with Gasteiger partial charge in [0.15, 0.2) is 0 Å². The molecular formula is C12H16ClN3O. The van der Waals surface area contributed by atoms with Gasteiger partial charge in [0.1, 0.15) is 5.15 Å². The van der Waals surface area contributed by atoms with Crippen LogP contribution in [0.3, 0.4) is 0 Å². The number of nitrogens with one attached hydrogen (secondary N) is 1. The average Bonchev–Trinajstić information content (AvgIpc) is 2.38. The van der Waals surface area contributed by atoms with E-state index in [4.69, 9.17) is 11.6 Å². The van der Waals surface area contributed by atoms with Gasteiger partial charge in [-0.3, -0.25) is 4.79 Å². The molecule has 1 N–H and O–H groups in total. The van der Waals surface area contributed by atoms with E-state index in [1.165, 1.54) is 0 Å². The van der Waals surface area contributed by atoms with Crippen LogP contribution in [-0.2, 0) is 0 Å². The molecule has 1 atom stereocenters. The summed E-state index contributed by atoms with van der Waals surface area (Å²) >= 11 is 5.93. The number of likely N-dealkylation sites (tertiary alicyclic amines) is 1. The molecule has 1 aliphatic heterocycles. The maximum atomic E-state index is 12.3. The normalized spacial score (nSPS) is 20.4. The van der Waals surface area contributed by atoms with Crippen LogP contribution in [0.5, 0.6) is 0 Å². The fourth-order valence-electron chi connectivity index (χ4n) is 2.11. The minimum absolute atomic E-state index is 0.0250. The summed E-state index contributed by atoms with van der Waals surface area (Å²) in [5.41, 5.74) is 0.492. The van der Waals surface area contributed by atoms with E-state index in [0.29, 0.717) is 11.6 Å². The highest BCUT2D eigenvalue weighted by atomic mass is 35.5. The molecule has 92 valence electrons. The molecule has 4 nitrogen and oxygen atoms in total.